The van der Waals surface area contributed by atoms with Crippen molar-refractivity contribution in [1.29, 1.82) is 0 Å². The summed E-state index contributed by atoms with van der Waals surface area (Å²) in [6.45, 7) is 0.364. The van der Waals surface area contributed by atoms with Crippen molar-refractivity contribution in [2.45, 2.75) is 6.61 Å². The van der Waals surface area contributed by atoms with Crippen molar-refractivity contribution in [2.24, 2.45) is 4.99 Å². The molecule has 2 aromatic rings. The molecule has 4 nitrogen and oxygen atoms in total. The van der Waals surface area contributed by atoms with Crippen molar-refractivity contribution < 1.29 is 9.53 Å². The molecule has 1 saturated heterocycles. The molecule has 1 aliphatic heterocycles. The first-order valence-electron chi connectivity index (χ1n) is 7.70. The van der Waals surface area contributed by atoms with E-state index in [1.165, 1.54) is 11.8 Å². The van der Waals surface area contributed by atoms with Gasteiger partial charge in [-0.05, 0) is 30.0 Å². The smallest absolute Gasteiger partial charge is 0.266 e. The van der Waals surface area contributed by atoms with Gasteiger partial charge in [-0.2, -0.15) is 0 Å². The number of amides is 1. The zero-order valence-corrected chi connectivity index (χ0v) is 15.5. The van der Waals surface area contributed by atoms with E-state index < -0.39 is 0 Å². The molecule has 1 heterocycles. The number of ether oxygens (including phenoxy) is 1. The van der Waals surface area contributed by atoms with Crippen LogP contribution in [-0.4, -0.2) is 30.1 Å². The van der Waals surface area contributed by atoms with Gasteiger partial charge in [0.15, 0.2) is 5.17 Å². The van der Waals surface area contributed by atoms with Crippen molar-refractivity contribution >= 4 is 40.5 Å². The Hall–Kier alpha value is -2.24. The minimum atomic E-state index is -0.0634. The molecular formula is C19H17ClN2O2S. The fraction of sp³-hybridized carbons (Fsp3) is 0.158. The van der Waals surface area contributed by atoms with Gasteiger partial charge in [0.1, 0.15) is 12.4 Å². The molecule has 1 fully saturated rings. The number of nitrogens with zero attached hydrogens (tertiary/aromatic N) is 2. The third kappa shape index (κ3) is 3.89. The Morgan fingerprint density at radius 1 is 1.20 bits per heavy atom. The SMILES string of the molecule is CN=C1S/C(=C\c2ccccc2OCc2ccccc2Cl)C(=O)N1C. The molecule has 2 aromatic carbocycles. The highest BCUT2D eigenvalue weighted by atomic mass is 35.5. The predicted molar refractivity (Wildman–Crippen MR) is 104 cm³/mol. The van der Waals surface area contributed by atoms with Crippen LogP contribution in [0.2, 0.25) is 5.02 Å². The molecule has 128 valence electrons. The lowest BCUT2D eigenvalue weighted by molar-refractivity contribution is -0.121. The molecule has 1 aliphatic rings. The predicted octanol–water partition coefficient (Wildman–Crippen LogP) is 4.45. The van der Waals surface area contributed by atoms with Gasteiger partial charge in [-0.25, -0.2) is 0 Å². The molecule has 3 rings (SSSR count). The van der Waals surface area contributed by atoms with E-state index in [9.17, 15) is 4.79 Å². The number of likely N-dealkylation sites (N-methyl/N-ethyl adjacent to an activating group) is 1. The van der Waals surface area contributed by atoms with E-state index in [2.05, 4.69) is 4.99 Å². The van der Waals surface area contributed by atoms with Crippen LogP contribution in [-0.2, 0) is 11.4 Å². The van der Waals surface area contributed by atoms with Crippen molar-refractivity contribution in [1.82, 2.24) is 4.90 Å². The average Bonchev–Trinajstić information content (AvgIpc) is 2.90. The summed E-state index contributed by atoms with van der Waals surface area (Å²) in [5.74, 6) is 0.638. The second-order valence-corrected chi connectivity index (χ2v) is 6.82. The van der Waals surface area contributed by atoms with Crippen molar-refractivity contribution in [3.8, 4) is 5.75 Å². The maximum Gasteiger partial charge on any atom is 0.266 e. The second-order valence-electron chi connectivity index (χ2n) is 5.40. The van der Waals surface area contributed by atoms with E-state index in [0.29, 0.717) is 27.5 Å². The number of para-hydroxylation sites is 1. The van der Waals surface area contributed by atoms with Gasteiger partial charge in [0.25, 0.3) is 5.91 Å². The summed E-state index contributed by atoms with van der Waals surface area (Å²) in [5, 5.41) is 1.36. The fourth-order valence-electron chi connectivity index (χ4n) is 2.39. The Labute approximate surface area is 156 Å². The minimum absolute atomic E-state index is 0.0634. The molecule has 0 bridgehead atoms. The van der Waals surface area contributed by atoms with Crippen LogP contribution in [0.3, 0.4) is 0 Å². The largest absolute Gasteiger partial charge is 0.488 e. The van der Waals surface area contributed by atoms with Gasteiger partial charge in [0.2, 0.25) is 0 Å². The summed E-state index contributed by atoms with van der Waals surface area (Å²) < 4.78 is 5.94. The molecule has 0 aromatic heterocycles. The summed E-state index contributed by atoms with van der Waals surface area (Å²) >= 11 is 7.53. The summed E-state index contributed by atoms with van der Waals surface area (Å²) in [4.78, 5) is 18.6. The van der Waals surface area contributed by atoms with Gasteiger partial charge in [0.05, 0.1) is 4.91 Å². The van der Waals surface area contributed by atoms with E-state index in [-0.39, 0.29) is 5.91 Å². The highest BCUT2D eigenvalue weighted by Crippen LogP contribution is 2.33. The molecule has 25 heavy (non-hydrogen) atoms. The second kappa shape index (κ2) is 7.76. The van der Waals surface area contributed by atoms with Crippen LogP contribution < -0.4 is 4.74 Å². The number of carbonyl (C=O) groups excluding carboxylic acids is 1. The third-order valence-electron chi connectivity index (χ3n) is 3.74. The zero-order chi connectivity index (χ0) is 17.8. The Balaban J connectivity index is 1.83. The first-order valence-corrected chi connectivity index (χ1v) is 8.89. The molecule has 0 radical (unpaired) electrons. The maximum absolute atomic E-state index is 12.3. The molecule has 0 atom stereocenters. The van der Waals surface area contributed by atoms with E-state index in [0.717, 1.165) is 11.1 Å². The summed E-state index contributed by atoms with van der Waals surface area (Å²) in [6, 6.07) is 15.2. The zero-order valence-electron chi connectivity index (χ0n) is 13.9. The molecule has 0 N–H and O–H groups in total. The Morgan fingerprint density at radius 2 is 1.92 bits per heavy atom. The van der Waals surface area contributed by atoms with Crippen LogP contribution in [0, 0.1) is 0 Å². The van der Waals surface area contributed by atoms with Crippen molar-refractivity contribution in [2.75, 3.05) is 14.1 Å². The summed E-state index contributed by atoms with van der Waals surface area (Å²) in [5.41, 5.74) is 1.76. The normalized spacial score (nSPS) is 17.6. The van der Waals surface area contributed by atoms with Crippen LogP contribution in [0.5, 0.6) is 5.75 Å². The number of hydrogen-bond donors (Lipinski definition) is 0. The molecule has 0 saturated carbocycles. The molecule has 1 amide bonds. The highest BCUT2D eigenvalue weighted by Gasteiger charge is 2.29. The Kier molecular flexibility index (Phi) is 5.46. The molecule has 6 heteroatoms. The lowest BCUT2D eigenvalue weighted by Crippen LogP contribution is -2.23. The number of aliphatic imine (C=N–C) groups is 1. The fourth-order valence-corrected chi connectivity index (χ4v) is 3.50. The monoisotopic (exact) mass is 372 g/mol. The van der Waals surface area contributed by atoms with E-state index in [1.54, 1.807) is 19.0 Å². The lowest BCUT2D eigenvalue weighted by atomic mass is 10.1. The summed E-state index contributed by atoms with van der Waals surface area (Å²) in [6.07, 6.45) is 1.84. The number of benzene rings is 2. The van der Waals surface area contributed by atoms with Crippen LogP contribution >= 0.6 is 23.4 Å². The van der Waals surface area contributed by atoms with Gasteiger partial charge in [-0.3, -0.25) is 14.7 Å². The highest BCUT2D eigenvalue weighted by molar-refractivity contribution is 8.18. The van der Waals surface area contributed by atoms with Crippen molar-refractivity contribution in [3.63, 3.8) is 0 Å². The van der Waals surface area contributed by atoms with Gasteiger partial charge in [-0.15, -0.1) is 0 Å². The van der Waals surface area contributed by atoms with Crippen LogP contribution in [0.25, 0.3) is 6.08 Å². The van der Waals surface area contributed by atoms with Gasteiger partial charge < -0.3 is 4.74 Å². The number of thioether (sulfide) groups is 1. The minimum Gasteiger partial charge on any atom is -0.488 e. The van der Waals surface area contributed by atoms with Crippen LogP contribution in [0.1, 0.15) is 11.1 Å². The Bertz CT molecular complexity index is 864. The topological polar surface area (TPSA) is 41.9 Å². The van der Waals surface area contributed by atoms with E-state index in [1.807, 2.05) is 54.6 Å². The quantitative estimate of drug-likeness (QED) is 0.744. The number of carbonyl (C=O) groups is 1. The third-order valence-corrected chi connectivity index (χ3v) is 5.26. The average molecular weight is 373 g/mol. The number of amidine groups is 1. The van der Waals surface area contributed by atoms with E-state index in [4.69, 9.17) is 16.3 Å². The number of rotatable bonds is 4. The molecule has 0 aliphatic carbocycles. The standard InChI is InChI=1S/C19H17ClN2O2S/c1-21-19-22(2)18(23)17(25-19)11-13-7-4-6-10-16(13)24-12-14-8-3-5-9-15(14)20/h3-11H,12H2,1-2H3/b17-11-,21-19?. The first-order chi connectivity index (χ1) is 12.1. The van der Waals surface area contributed by atoms with Crippen molar-refractivity contribution in [3.05, 3.63) is 69.6 Å². The number of halogens is 1. The first kappa shape index (κ1) is 17.6. The molecule has 0 unspecified atom stereocenters. The van der Waals surface area contributed by atoms with Gasteiger partial charge in [-0.1, -0.05) is 48.0 Å². The lowest BCUT2D eigenvalue weighted by Gasteiger charge is -2.10. The van der Waals surface area contributed by atoms with Crippen LogP contribution in [0.4, 0.5) is 0 Å². The maximum atomic E-state index is 12.3. The summed E-state index contributed by atoms with van der Waals surface area (Å²) in [7, 11) is 3.40. The molecular weight excluding hydrogens is 356 g/mol. The number of hydrogen-bond acceptors (Lipinski definition) is 4. The van der Waals surface area contributed by atoms with Gasteiger partial charge in [0, 0.05) is 30.2 Å². The molecule has 0 spiro atoms. The Morgan fingerprint density at radius 3 is 2.64 bits per heavy atom. The van der Waals surface area contributed by atoms with Gasteiger partial charge >= 0.3 is 0 Å². The van der Waals surface area contributed by atoms with Crippen LogP contribution in [0.15, 0.2) is 58.4 Å². The van der Waals surface area contributed by atoms with E-state index >= 15 is 0 Å².